The van der Waals surface area contributed by atoms with Gasteiger partial charge in [0.15, 0.2) is 0 Å². The molecule has 0 aromatic heterocycles. The van der Waals surface area contributed by atoms with E-state index in [4.69, 9.17) is 0 Å². The highest BCUT2D eigenvalue weighted by Crippen LogP contribution is 2.33. The van der Waals surface area contributed by atoms with Gasteiger partial charge in [-0.25, -0.2) is 4.79 Å². The molecule has 0 N–H and O–H groups in total. The first-order valence-electron chi connectivity index (χ1n) is 4.39. The Bertz CT molecular complexity index is 294. The lowest BCUT2D eigenvalue weighted by atomic mass is 9.99. The fourth-order valence-electron chi connectivity index (χ4n) is 1.63. The largest absolute Gasteiger partial charge is 0.464 e. The molecule has 5 nitrogen and oxygen atoms in total. The number of ether oxygens (including phenoxy) is 1. The van der Waals surface area contributed by atoms with Crippen molar-refractivity contribution in [2.75, 3.05) is 7.11 Å². The van der Waals surface area contributed by atoms with Crippen LogP contribution in [0.2, 0.25) is 0 Å². The Balaban J connectivity index is 3.13. The normalized spacial score (nSPS) is 24.6. The number of hydrogen-bond donors (Lipinski definition) is 0. The molecule has 1 rings (SSSR count). The van der Waals surface area contributed by atoms with Gasteiger partial charge in [-0.1, -0.05) is 0 Å². The Kier molecular flexibility index (Phi) is 2.41. The minimum Gasteiger partial charge on any atom is -0.464 e. The monoisotopic (exact) mass is 199 g/mol. The highest BCUT2D eigenvalue weighted by molar-refractivity contribution is 6.40. The summed E-state index contributed by atoms with van der Waals surface area (Å²) in [5.41, 5.74) is -1.64. The number of methoxy groups -OCH3 is 1. The van der Waals surface area contributed by atoms with Crippen LogP contribution in [0.5, 0.6) is 0 Å². The summed E-state index contributed by atoms with van der Waals surface area (Å²) in [5.74, 6) is -0.540. The fourth-order valence-corrected chi connectivity index (χ4v) is 1.63. The molecular weight excluding hydrogens is 184 g/mol. The van der Waals surface area contributed by atoms with E-state index in [1.807, 2.05) is 0 Å². The van der Waals surface area contributed by atoms with Gasteiger partial charge in [-0.3, -0.25) is 4.99 Å². The van der Waals surface area contributed by atoms with Gasteiger partial charge in [-0.2, -0.15) is 0 Å². The summed E-state index contributed by atoms with van der Waals surface area (Å²) >= 11 is 0. The number of hydroxylamine groups is 2. The molecule has 0 aliphatic carbocycles. The maximum atomic E-state index is 11.8. The zero-order valence-corrected chi connectivity index (χ0v) is 9.12. The quantitative estimate of drug-likeness (QED) is 0.586. The van der Waals surface area contributed by atoms with Crippen molar-refractivity contribution in [3.8, 4) is 0 Å². The standard InChI is InChI=1S/C9H15N2O3/c1-8(2)6(7(12)14-5)10-9(3,4)11(8)13/h1-5H3. The lowest BCUT2D eigenvalue weighted by molar-refractivity contribution is -0.241. The molecule has 0 amide bonds. The maximum Gasteiger partial charge on any atom is 0.354 e. The Morgan fingerprint density at radius 1 is 1.36 bits per heavy atom. The van der Waals surface area contributed by atoms with Gasteiger partial charge >= 0.3 is 5.97 Å². The van der Waals surface area contributed by atoms with E-state index in [0.29, 0.717) is 0 Å². The zero-order chi connectivity index (χ0) is 11.1. The smallest absolute Gasteiger partial charge is 0.354 e. The second-order valence-electron chi connectivity index (χ2n) is 4.30. The molecule has 0 aromatic rings. The molecule has 0 fully saturated rings. The summed E-state index contributed by atoms with van der Waals surface area (Å²) in [4.78, 5) is 15.4. The number of carbonyl (C=O) groups excluding carboxylic acids is 1. The number of rotatable bonds is 1. The second kappa shape index (κ2) is 3.03. The van der Waals surface area contributed by atoms with Crippen LogP contribution in [-0.2, 0) is 14.7 Å². The Morgan fingerprint density at radius 3 is 2.14 bits per heavy atom. The number of carbonyl (C=O) groups is 1. The summed E-state index contributed by atoms with van der Waals surface area (Å²) in [6.45, 7) is 6.64. The molecule has 0 saturated heterocycles. The van der Waals surface area contributed by atoms with Gasteiger partial charge in [0, 0.05) is 0 Å². The van der Waals surface area contributed by atoms with E-state index in [1.165, 1.54) is 7.11 Å². The van der Waals surface area contributed by atoms with Gasteiger partial charge in [0.2, 0.25) is 0 Å². The fraction of sp³-hybridized carbons (Fsp3) is 0.778. The van der Waals surface area contributed by atoms with Crippen molar-refractivity contribution in [1.82, 2.24) is 5.06 Å². The molecule has 1 aliphatic rings. The summed E-state index contributed by atoms with van der Waals surface area (Å²) < 4.78 is 4.58. The van der Waals surface area contributed by atoms with Crippen LogP contribution in [0.15, 0.2) is 4.99 Å². The molecular formula is C9H15N2O3. The van der Waals surface area contributed by atoms with Crippen molar-refractivity contribution < 1.29 is 14.7 Å². The van der Waals surface area contributed by atoms with Crippen molar-refractivity contribution in [3.63, 3.8) is 0 Å². The van der Waals surface area contributed by atoms with Crippen LogP contribution in [0.4, 0.5) is 0 Å². The number of nitrogens with zero attached hydrogens (tertiary/aromatic N) is 2. The average molecular weight is 199 g/mol. The summed E-state index contributed by atoms with van der Waals surface area (Å²) in [6, 6.07) is 0. The van der Waals surface area contributed by atoms with Crippen molar-refractivity contribution in [1.29, 1.82) is 0 Å². The van der Waals surface area contributed by atoms with Gasteiger partial charge in [-0.05, 0) is 27.7 Å². The molecule has 79 valence electrons. The van der Waals surface area contributed by atoms with E-state index in [-0.39, 0.29) is 5.71 Å². The van der Waals surface area contributed by atoms with Crippen molar-refractivity contribution >= 4 is 11.7 Å². The third-order valence-corrected chi connectivity index (χ3v) is 2.35. The van der Waals surface area contributed by atoms with Gasteiger partial charge in [0.25, 0.3) is 0 Å². The van der Waals surface area contributed by atoms with E-state index in [1.54, 1.807) is 27.7 Å². The molecule has 5 heteroatoms. The molecule has 0 bridgehead atoms. The highest BCUT2D eigenvalue weighted by atomic mass is 16.5. The van der Waals surface area contributed by atoms with Gasteiger partial charge in [0.05, 0.1) is 12.6 Å². The molecule has 0 saturated carbocycles. The first-order chi connectivity index (χ1) is 6.23. The second-order valence-corrected chi connectivity index (χ2v) is 4.30. The summed E-state index contributed by atoms with van der Waals surface area (Å²) in [5, 5.41) is 12.6. The lowest BCUT2D eigenvalue weighted by Gasteiger charge is -2.30. The van der Waals surface area contributed by atoms with Crippen LogP contribution in [0, 0.1) is 0 Å². The van der Waals surface area contributed by atoms with Gasteiger partial charge in [-0.15, -0.1) is 10.3 Å². The minimum absolute atomic E-state index is 0.181. The first kappa shape index (κ1) is 11.1. The Morgan fingerprint density at radius 2 is 1.86 bits per heavy atom. The van der Waals surface area contributed by atoms with Crippen LogP contribution < -0.4 is 0 Å². The first-order valence-corrected chi connectivity index (χ1v) is 4.39. The Hall–Kier alpha value is -0.940. The van der Waals surface area contributed by atoms with Gasteiger partial charge in [0.1, 0.15) is 11.4 Å². The van der Waals surface area contributed by atoms with E-state index >= 15 is 0 Å². The zero-order valence-electron chi connectivity index (χ0n) is 9.12. The SMILES string of the molecule is COC(=O)C1=NC(C)(C)N([O])C1(C)C. The van der Waals surface area contributed by atoms with E-state index in [0.717, 1.165) is 5.06 Å². The van der Waals surface area contributed by atoms with E-state index < -0.39 is 17.2 Å². The topological polar surface area (TPSA) is 61.8 Å². The van der Waals surface area contributed by atoms with E-state index in [2.05, 4.69) is 9.73 Å². The number of hydrogen-bond acceptors (Lipinski definition) is 4. The molecule has 0 atom stereocenters. The average Bonchev–Trinajstić information content (AvgIpc) is 2.25. The van der Waals surface area contributed by atoms with Crippen LogP contribution in [-0.4, -0.2) is 35.1 Å². The summed E-state index contributed by atoms with van der Waals surface area (Å²) in [7, 11) is 1.28. The molecule has 0 aromatic carbocycles. The molecule has 1 radical (unpaired) electrons. The van der Waals surface area contributed by atoms with Crippen LogP contribution in [0.1, 0.15) is 27.7 Å². The predicted octanol–water partition coefficient (Wildman–Crippen LogP) is 0.776. The molecule has 0 spiro atoms. The molecule has 0 unspecified atom stereocenters. The van der Waals surface area contributed by atoms with Crippen molar-refractivity contribution in [2.45, 2.75) is 38.9 Å². The molecule has 1 aliphatic heterocycles. The Labute approximate surface area is 83.3 Å². The van der Waals surface area contributed by atoms with E-state index in [9.17, 15) is 10.0 Å². The highest BCUT2D eigenvalue weighted by Gasteiger charge is 2.51. The lowest BCUT2D eigenvalue weighted by Crippen LogP contribution is -2.50. The van der Waals surface area contributed by atoms with Crippen molar-refractivity contribution in [3.05, 3.63) is 0 Å². The van der Waals surface area contributed by atoms with Gasteiger partial charge < -0.3 is 4.74 Å². The predicted molar refractivity (Wildman–Crippen MR) is 50.1 cm³/mol. The van der Waals surface area contributed by atoms with Crippen LogP contribution in [0.25, 0.3) is 0 Å². The maximum absolute atomic E-state index is 11.8. The van der Waals surface area contributed by atoms with Crippen molar-refractivity contribution in [2.24, 2.45) is 4.99 Å². The third-order valence-electron chi connectivity index (χ3n) is 2.35. The van der Waals surface area contributed by atoms with Crippen LogP contribution in [0.3, 0.4) is 0 Å². The third kappa shape index (κ3) is 1.42. The number of esters is 1. The number of aliphatic imine (C=N–C) groups is 1. The van der Waals surface area contributed by atoms with Crippen LogP contribution >= 0.6 is 0 Å². The molecule has 1 heterocycles. The molecule has 14 heavy (non-hydrogen) atoms. The minimum atomic E-state index is -0.920. The summed E-state index contributed by atoms with van der Waals surface area (Å²) in [6.07, 6.45) is 0.